The highest BCUT2D eigenvalue weighted by Gasteiger charge is 2.08. The lowest BCUT2D eigenvalue weighted by Crippen LogP contribution is -2.06. The predicted octanol–water partition coefficient (Wildman–Crippen LogP) is 9.11. The molecule has 320 valence electrons. The molecule has 0 aliphatic carbocycles. The van der Waals surface area contributed by atoms with E-state index in [0.717, 1.165) is 37.5 Å². The van der Waals surface area contributed by atoms with Crippen LogP contribution >= 0.6 is 114 Å². The van der Waals surface area contributed by atoms with Crippen LogP contribution in [0.2, 0.25) is 5.15 Å². The van der Waals surface area contributed by atoms with Crippen LogP contribution in [0.15, 0.2) is 90.7 Å². The quantitative estimate of drug-likeness (QED) is 0.0348. The number of nitrogen functional groups attached to an aromatic ring is 2. The van der Waals surface area contributed by atoms with Crippen LogP contribution in [-0.2, 0) is 9.36 Å². The van der Waals surface area contributed by atoms with E-state index >= 15 is 0 Å². The van der Waals surface area contributed by atoms with Gasteiger partial charge in [0.15, 0.2) is 16.9 Å². The number of anilines is 2. The van der Waals surface area contributed by atoms with E-state index in [-0.39, 0.29) is 24.4 Å². The van der Waals surface area contributed by atoms with Gasteiger partial charge in [-0.2, -0.15) is 0 Å². The molecule has 0 bridgehead atoms. The average molecular weight is 1190 g/mol. The molecule has 0 aromatic carbocycles. The minimum Gasteiger partial charge on any atom is -0.481 e. The van der Waals surface area contributed by atoms with Crippen molar-refractivity contribution >= 4 is 177 Å². The zero-order valence-corrected chi connectivity index (χ0v) is 39.4. The molecule has 0 spiro atoms. The fraction of sp³-hybridized carbons (Fsp3) is 0.0645. The van der Waals surface area contributed by atoms with Gasteiger partial charge < -0.3 is 32.4 Å². The number of H-pyrrole nitrogens is 1. The summed E-state index contributed by atoms with van der Waals surface area (Å²) < 4.78 is 12.6. The number of fused-ring (bicyclic) bond motifs is 3. The number of aromatic carboxylic acids is 1. The number of hydrogen-bond donors (Lipinski definition) is 7. The molecule has 0 unspecified atom stereocenters. The molecule has 7 aromatic rings. The summed E-state index contributed by atoms with van der Waals surface area (Å²) in [5.41, 5.74) is 16.8. The molecular formula is C31H29Br4Cl4N14O6P. The number of aromatic nitrogens is 10. The van der Waals surface area contributed by atoms with E-state index < -0.39 is 17.1 Å². The van der Waals surface area contributed by atoms with Gasteiger partial charge in [-0.05, 0) is 122 Å². The molecule has 0 fully saturated rings. The number of aliphatic carboxylic acids is 1. The zero-order valence-electron chi connectivity index (χ0n) is 29.2. The van der Waals surface area contributed by atoms with Crippen molar-refractivity contribution in [3.05, 3.63) is 107 Å². The number of nitrogens with two attached hydrogens (primary N) is 3. The van der Waals surface area contributed by atoms with Gasteiger partial charge in [-0.15, -0.1) is 0 Å². The van der Waals surface area contributed by atoms with E-state index in [4.69, 9.17) is 43.5 Å². The Hall–Kier alpha value is -4.26. The summed E-state index contributed by atoms with van der Waals surface area (Å²) in [6, 6.07) is 6.78. The average Bonchev–Trinajstić information content (AvgIpc) is 3.14. The summed E-state index contributed by atoms with van der Waals surface area (Å²) in [5.74, 6) is -1.43. The second kappa shape index (κ2) is 28.3. The van der Waals surface area contributed by atoms with Gasteiger partial charge in [-0.1, -0.05) is 19.0 Å². The van der Waals surface area contributed by atoms with Crippen LogP contribution in [0.5, 0.6) is 0 Å². The van der Waals surface area contributed by atoms with Gasteiger partial charge in [0.05, 0.1) is 28.8 Å². The molecule has 0 saturated carbocycles. The Kier molecular flexibility index (Phi) is 26.3. The minimum absolute atomic E-state index is 0. The number of nitrogens with zero attached hydrogens (tertiary/aromatic N) is 9. The summed E-state index contributed by atoms with van der Waals surface area (Å²) in [4.78, 5) is 68.3. The van der Waals surface area contributed by atoms with E-state index in [2.05, 4.69) is 153 Å². The molecule has 7 heterocycles. The Morgan fingerprint density at radius 2 is 1.10 bits per heavy atom. The number of carbonyl (C=O) groups is 2. The van der Waals surface area contributed by atoms with Gasteiger partial charge in [0.1, 0.15) is 35.0 Å². The Morgan fingerprint density at radius 1 is 0.717 bits per heavy atom. The molecule has 0 atom stereocenters. The molecule has 60 heavy (non-hydrogen) atoms. The third-order valence-corrected chi connectivity index (χ3v) is 7.50. The van der Waals surface area contributed by atoms with Gasteiger partial charge in [0.25, 0.3) is 11.5 Å². The molecule has 0 amide bonds. The second-order valence-electron chi connectivity index (χ2n) is 9.71. The summed E-state index contributed by atoms with van der Waals surface area (Å²) in [6.45, 7) is 1.08. The fourth-order valence-corrected chi connectivity index (χ4v) is 4.89. The van der Waals surface area contributed by atoms with Gasteiger partial charge >= 0.3 is 11.2 Å². The number of aromatic amines is 1. The highest BCUT2D eigenvalue weighted by Crippen LogP contribution is 2.61. The maximum atomic E-state index is 11.2. The molecule has 7 rings (SSSR count). The lowest BCUT2D eigenvalue weighted by Gasteiger charge is -1.98. The first-order chi connectivity index (χ1) is 27.6. The Morgan fingerprint density at radius 3 is 1.57 bits per heavy atom. The zero-order chi connectivity index (χ0) is 44.9. The number of carboxylic acids is 2. The van der Waals surface area contributed by atoms with Crippen molar-refractivity contribution < 1.29 is 24.4 Å². The Bertz CT molecular complexity index is 2540. The van der Waals surface area contributed by atoms with Crippen LogP contribution in [-0.4, -0.2) is 78.3 Å². The molecule has 20 nitrogen and oxygen atoms in total. The molecule has 0 radical (unpaired) electrons. The first-order valence-electron chi connectivity index (χ1n) is 14.7. The molecular weight excluding hydrogens is 1160 g/mol. The number of halogens is 8. The van der Waals surface area contributed by atoms with E-state index in [9.17, 15) is 14.2 Å². The van der Waals surface area contributed by atoms with Crippen LogP contribution < -0.4 is 22.8 Å². The van der Waals surface area contributed by atoms with Crippen molar-refractivity contribution in [3.63, 3.8) is 0 Å². The van der Waals surface area contributed by atoms with Crippen molar-refractivity contribution in [2.45, 2.75) is 14.4 Å². The standard InChI is InChI=1S/C7H3BrClN3.C7H5BrN4.C7H4BrN3O.C6H5BrN2O2.C2H4O2.CH4N2.CH4.Cl3OP/c2*8-4-1-5-6(9)11-3-12-7(5)10-2-4;8-4-1-5-6(9-2-4)10-3-11-7(5)12;7-3-1-4(6(10)11)5(8)9-2-3;1-2(3)4;2-1-3;;1-5(2,3)4/h1-3H;1-3H,(H2,9,10,11,12);1-3H,(H,9,10,11,12);1-2H,(H2,8,9)(H,10,11);1H3,(H,3,4);1H,(H3,2,3);1H4;. The number of nitrogens with one attached hydrogen (secondary N) is 2. The van der Waals surface area contributed by atoms with Crippen LogP contribution in [0.4, 0.5) is 11.6 Å². The first-order valence-corrected chi connectivity index (χ1v) is 22.7. The number of hydrogen-bond acceptors (Lipinski definition) is 16. The Balaban J connectivity index is 0.000000707. The van der Waals surface area contributed by atoms with Crippen molar-refractivity contribution in [3.8, 4) is 0 Å². The van der Waals surface area contributed by atoms with Crippen molar-refractivity contribution in [1.29, 1.82) is 5.41 Å². The maximum absolute atomic E-state index is 11.2. The summed E-state index contributed by atoms with van der Waals surface area (Å²) in [7, 11) is 0. The second-order valence-corrected chi connectivity index (χ2v) is 20.4. The normalized spacial score (nSPS) is 9.62. The molecule has 29 heteroatoms. The first kappa shape index (κ1) is 55.7. The minimum atomic E-state index is -3.22. The maximum Gasteiger partial charge on any atom is 0.339 e. The molecule has 0 aliphatic rings. The number of rotatable bonds is 1. The van der Waals surface area contributed by atoms with Gasteiger partial charge in [0.2, 0.25) is 0 Å². The molecule has 0 aliphatic heterocycles. The largest absolute Gasteiger partial charge is 0.481 e. The van der Waals surface area contributed by atoms with Gasteiger partial charge in [-0.3, -0.25) is 19.6 Å². The van der Waals surface area contributed by atoms with Crippen molar-refractivity contribution in [1.82, 2.24) is 49.8 Å². The summed E-state index contributed by atoms with van der Waals surface area (Å²) in [5, 5.41) is 21.1. The van der Waals surface area contributed by atoms with Crippen molar-refractivity contribution in [2.24, 2.45) is 5.73 Å². The highest BCUT2D eigenvalue weighted by atomic mass is 79.9. The van der Waals surface area contributed by atoms with E-state index in [1.807, 2.05) is 12.1 Å². The van der Waals surface area contributed by atoms with E-state index in [1.54, 1.807) is 24.7 Å². The third-order valence-electron chi connectivity index (χ3n) is 5.47. The smallest absolute Gasteiger partial charge is 0.339 e. The van der Waals surface area contributed by atoms with Crippen molar-refractivity contribution in [2.75, 3.05) is 11.5 Å². The lowest BCUT2D eigenvalue weighted by molar-refractivity contribution is -0.134. The SMILES string of the molecule is C.CC(=O)O.Clc1ncnc2ncc(Br)cc12.N=CN.Nc1ncc(Br)cc1C(=O)O.Nc1ncnc2ncc(Br)cc12.O=P(Cl)(Cl)Cl.O=c1[nH]cnc2ncc(Br)cc12. The highest BCUT2D eigenvalue weighted by molar-refractivity contribution is 9.11. The summed E-state index contributed by atoms with van der Waals surface area (Å²) >= 11 is 32.6. The lowest BCUT2D eigenvalue weighted by atomic mass is 10.3. The number of carboxylic acid groups (broad SMARTS) is 2. The summed E-state index contributed by atoms with van der Waals surface area (Å²) in [6.07, 6.45) is 11.3. The van der Waals surface area contributed by atoms with E-state index in [0.29, 0.717) is 37.8 Å². The molecule has 10 N–H and O–H groups in total. The van der Waals surface area contributed by atoms with Gasteiger partial charge in [0, 0.05) is 49.6 Å². The fourth-order valence-electron chi connectivity index (χ4n) is 3.38. The number of pyridine rings is 4. The Labute approximate surface area is 392 Å². The van der Waals surface area contributed by atoms with Crippen LogP contribution in [0.1, 0.15) is 24.7 Å². The van der Waals surface area contributed by atoms with Crippen LogP contribution in [0, 0.1) is 5.41 Å². The molecule has 0 saturated heterocycles. The third kappa shape index (κ3) is 22.4. The van der Waals surface area contributed by atoms with Crippen LogP contribution in [0.25, 0.3) is 33.1 Å². The topological polar surface area (TPSA) is 342 Å². The van der Waals surface area contributed by atoms with E-state index in [1.165, 1.54) is 31.2 Å². The van der Waals surface area contributed by atoms with Crippen LogP contribution in [0.3, 0.4) is 0 Å². The monoisotopic (exact) mass is 1180 g/mol. The van der Waals surface area contributed by atoms with Gasteiger partial charge in [-0.25, -0.2) is 49.7 Å². The predicted molar refractivity (Wildman–Crippen MR) is 249 cm³/mol. The molecule has 7 aromatic heterocycles.